The van der Waals surface area contributed by atoms with Gasteiger partial charge in [0, 0.05) is 6.07 Å². The van der Waals surface area contributed by atoms with Gasteiger partial charge in [-0.25, -0.2) is 0 Å². The molecule has 2 rings (SSSR count). The molecule has 0 aliphatic heterocycles. The summed E-state index contributed by atoms with van der Waals surface area (Å²) in [5.74, 6) is 0.339. The molecule has 0 spiro atoms. The Hall–Kier alpha value is -2.05. The van der Waals surface area contributed by atoms with Crippen LogP contribution in [0.25, 0.3) is 0 Å². The maximum atomic E-state index is 11.8. The van der Waals surface area contributed by atoms with Gasteiger partial charge in [-0.1, -0.05) is 64.0 Å². The van der Waals surface area contributed by atoms with Crippen LogP contribution in [0.2, 0.25) is 0 Å². The fraction of sp³-hybridized carbons (Fsp3) is 0.455. The van der Waals surface area contributed by atoms with Crippen molar-refractivity contribution in [3.8, 4) is 17.2 Å². The largest absolute Gasteiger partial charge is 0.508 e. The van der Waals surface area contributed by atoms with Crippen LogP contribution in [0.5, 0.6) is 17.2 Å². The number of hydrogen-bond donors (Lipinski definition) is 2. The van der Waals surface area contributed by atoms with Crippen molar-refractivity contribution in [2.24, 2.45) is 0 Å². The van der Waals surface area contributed by atoms with E-state index in [1.165, 1.54) is 56.7 Å². The molecule has 0 saturated carbocycles. The van der Waals surface area contributed by atoms with E-state index in [4.69, 9.17) is 4.74 Å². The molecule has 0 heterocycles. The molecule has 0 radical (unpaired) electrons. The molecule has 28 heavy (non-hydrogen) atoms. The minimum absolute atomic E-state index is 0.0113. The summed E-state index contributed by atoms with van der Waals surface area (Å²) < 4.78 is 38.7. The van der Waals surface area contributed by atoms with Crippen molar-refractivity contribution in [2.45, 2.75) is 69.6 Å². The Morgan fingerprint density at radius 1 is 0.893 bits per heavy atom. The first-order valence-electron chi connectivity index (χ1n) is 9.97. The van der Waals surface area contributed by atoms with Crippen molar-refractivity contribution >= 4 is 10.1 Å². The highest BCUT2D eigenvalue weighted by Crippen LogP contribution is 2.31. The Bertz CT molecular complexity index is 846. The molecule has 0 unspecified atom stereocenters. The summed E-state index contributed by atoms with van der Waals surface area (Å²) in [4.78, 5) is -0.257. The zero-order valence-corrected chi connectivity index (χ0v) is 17.2. The second-order valence-electron chi connectivity index (χ2n) is 7.08. The van der Waals surface area contributed by atoms with Crippen LogP contribution in [0.1, 0.15) is 63.9 Å². The monoisotopic (exact) mass is 406 g/mol. The maximum absolute atomic E-state index is 11.8. The van der Waals surface area contributed by atoms with Crippen molar-refractivity contribution in [3.63, 3.8) is 0 Å². The zero-order valence-electron chi connectivity index (χ0n) is 16.4. The lowest BCUT2D eigenvalue weighted by Crippen LogP contribution is -2.02. The molecule has 5 nitrogen and oxygen atoms in total. The number of ether oxygens (including phenoxy) is 1. The Labute approximate surface area is 168 Å². The van der Waals surface area contributed by atoms with Crippen molar-refractivity contribution < 1.29 is 22.8 Å². The van der Waals surface area contributed by atoms with Gasteiger partial charge in [0.15, 0.2) is 0 Å². The summed E-state index contributed by atoms with van der Waals surface area (Å²) in [5, 5.41) is 9.52. The predicted molar refractivity (Wildman–Crippen MR) is 111 cm³/mol. The number of hydrogen-bond acceptors (Lipinski definition) is 4. The summed E-state index contributed by atoms with van der Waals surface area (Å²) in [7, 11) is -4.42. The summed E-state index contributed by atoms with van der Waals surface area (Å²) in [5.41, 5.74) is 0.849. The number of phenolic OH excluding ortho intramolecular Hbond substituents is 1. The van der Waals surface area contributed by atoms with Gasteiger partial charge in [-0.15, -0.1) is 0 Å². The number of aromatic hydroxyl groups is 1. The Kier molecular flexibility index (Phi) is 8.80. The molecule has 0 saturated heterocycles. The van der Waals surface area contributed by atoms with Crippen LogP contribution in [0.15, 0.2) is 47.4 Å². The molecule has 2 N–H and O–H groups in total. The predicted octanol–water partition coefficient (Wildman–Crippen LogP) is 6.11. The van der Waals surface area contributed by atoms with E-state index in [1.54, 1.807) is 18.2 Å². The standard InChI is InChI=1S/C22H30O5S/c1-2-3-4-5-6-7-8-9-11-18-14-15-21(22(16-18)28(24,25)26)27-20-13-10-12-19(23)17-20/h10,12-17,23H,2-9,11H2,1H3,(H,24,25,26). The zero-order chi connectivity index (χ0) is 20.4. The quantitative estimate of drug-likeness (QED) is 0.328. The Balaban J connectivity index is 1.96. The van der Waals surface area contributed by atoms with E-state index in [2.05, 4.69) is 6.92 Å². The lowest BCUT2D eigenvalue weighted by atomic mass is 10.0. The first-order valence-corrected chi connectivity index (χ1v) is 11.4. The number of rotatable bonds is 12. The van der Waals surface area contributed by atoms with Crippen LogP contribution in [-0.4, -0.2) is 18.1 Å². The first-order chi connectivity index (χ1) is 13.4. The van der Waals surface area contributed by atoms with E-state index < -0.39 is 10.1 Å². The number of unbranched alkanes of at least 4 members (excludes halogenated alkanes) is 7. The molecule has 0 bridgehead atoms. The topological polar surface area (TPSA) is 83.8 Å². The van der Waals surface area contributed by atoms with Gasteiger partial charge < -0.3 is 9.84 Å². The van der Waals surface area contributed by atoms with Crippen LogP contribution in [0, 0.1) is 0 Å². The van der Waals surface area contributed by atoms with Crippen LogP contribution in [-0.2, 0) is 16.5 Å². The minimum Gasteiger partial charge on any atom is -0.508 e. The average Bonchev–Trinajstić information content (AvgIpc) is 2.64. The SMILES string of the molecule is CCCCCCCCCCc1ccc(Oc2cccc(O)c2)c(S(=O)(=O)O)c1. The Morgan fingerprint density at radius 2 is 1.57 bits per heavy atom. The third-order valence-electron chi connectivity index (χ3n) is 4.65. The minimum atomic E-state index is -4.42. The highest BCUT2D eigenvalue weighted by molar-refractivity contribution is 7.86. The number of aryl methyl sites for hydroxylation is 1. The molecule has 0 aliphatic carbocycles. The summed E-state index contributed by atoms with van der Waals surface area (Å²) >= 11 is 0. The summed E-state index contributed by atoms with van der Waals surface area (Å²) in [6, 6.07) is 10.9. The van der Waals surface area contributed by atoms with E-state index >= 15 is 0 Å². The van der Waals surface area contributed by atoms with Gasteiger partial charge in [-0.2, -0.15) is 8.42 Å². The van der Waals surface area contributed by atoms with E-state index in [-0.39, 0.29) is 16.4 Å². The van der Waals surface area contributed by atoms with Gasteiger partial charge >= 0.3 is 0 Å². The molecule has 0 amide bonds. The molecule has 0 aromatic heterocycles. The van der Waals surface area contributed by atoms with E-state index in [0.717, 1.165) is 24.8 Å². The summed E-state index contributed by atoms with van der Waals surface area (Å²) in [6.45, 7) is 2.21. The molecular formula is C22H30O5S. The van der Waals surface area contributed by atoms with Crippen molar-refractivity contribution in [1.82, 2.24) is 0 Å². The third-order valence-corrected chi connectivity index (χ3v) is 5.53. The second-order valence-corrected chi connectivity index (χ2v) is 8.47. The number of phenols is 1. The summed E-state index contributed by atoms with van der Waals surface area (Å²) in [6.07, 6.45) is 10.4. The molecular weight excluding hydrogens is 376 g/mol. The van der Waals surface area contributed by atoms with Crippen molar-refractivity contribution in [2.75, 3.05) is 0 Å². The van der Waals surface area contributed by atoms with Crippen molar-refractivity contribution in [1.29, 1.82) is 0 Å². The first kappa shape index (κ1) is 22.2. The lowest BCUT2D eigenvalue weighted by Gasteiger charge is -2.11. The average molecular weight is 407 g/mol. The second kappa shape index (κ2) is 11.1. The highest BCUT2D eigenvalue weighted by atomic mass is 32.2. The molecule has 0 fully saturated rings. The maximum Gasteiger partial charge on any atom is 0.298 e. The molecule has 0 atom stereocenters. The highest BCUT2D eigenvalue weighted by Gasteiger charge is 2.18. The third kappa shape index (κ3) is 7.52. The number of benzene rings is 2. The normalized spacial score (nSPS) is 11.5. The van der Waals surface area contributed by atoms with Gasteiger partial charge in [0.25, 0.3) is 10.1 Å². The smallest absolute Gasteiger partial charge is 0.298 e. The fourth-order valence-corrected chi connectivity index (χ4v) is 3.80. The molecule has 154 valence electrons. The van der Waals surface area contributed by atoms with Gasteiger partial charge in [0.2, 0.25) is 0 Å². The molecule has 0 aliphatic rings. The molecule has 6 heteroatoms. The van der Waals surface area contributed by atoms with Crippen LogP contribution < -0.4 is 4.74 Å². The fourth-order valence-electron chi connectivity index (χ4n) is 3.13. The van der Waals surface area contributed by atoms with Crippen LogP contribution in [0.3, 0.4) is 0 Å². The Morgan fingerprint density at radius 3 is 2.21 bits per heavy atom. The lowest BCUT2D eigenvalue weighted by molar-refractivity contribution is 0.440. The van der Waals surface area contributed by atoms with Crippen LogP contribution in [0.4, 0.5) is 0 Å². The van der Waals surface area contributed by atoms with E-state index in [1.807, 2.05) is 6.07 Å². The van der Waals surface area contributed by atoms with Gasteiger partial charge in [0.05, 0.1) is 0 Å². The van der Waals surface area contributed by atoms with Gasteiger partial charge in [-0.3, -0.25) is 4.55 Å². The van der Waals surface area contributed by atoms with Crippen molar-refractivity contribution in [3.05, 3.63) is 48.0 Å². The van der Waals surface area contributed by atoms with E-state index in [0.29, 0.717) is 5.75 Å². The van der Waals surface area contributed by atoms with Gasteiger partial charge in [0.1, 0.15) is 22.1 Å². The molecule has 2 aromatic carbocycles. The van der Waals surface area contributed by atoms with Gasteiger partial charge in [-0.05, 0) is 42.7 Å². The van der Waals surface area contributed by atoms with E-state index in [9.17, 15) is 18.1 Å². The van der Waals surface area contributed by atoms with Crippen LogP contribution >= 0.6 is 0 Å². The molecule has 2 aromatic rings.